The van der Waals surface area contributed by atoms with E-state index in [0.717, 1.165) is 23.4 Å². The summed E-state index contributed by atoms with van der Waals surface area (Å²) >= 11 is 0. The van der Waals surface area contributed by atoms with Gasteiger partial charge in [-0.2, -0.15) is 5.10 Å². The minimum Gasteiger partial charge on any atom is -0.365 e. The maximum atomic E-state index is 12.8. The molecule has 4 N–H and O–H groups in total. The van der Waals surface area contributed by atoms with Crippen LogP contribution in [0.3, 0.4) is 0 Å². The van der Waals surface area contributed by atoms with E-state index in [0.29, 0.717) is 40.8 Å². The Labute approximate surface area is 202 Å². The van der Waals surface area contributed by atoms with Crippen molar-refractivity contribution in [3.05, 3.63) is 82.2 Å². The second-order valence-corrected chi connectivity index (χ2v) is 8.64. The summed E-state index contributed by atoms with van der Waals surface area (Å²) in [5.74, 6) is 0.0934. The van der Waals surface area contributed by atoms with E-state index in [1.807, 2.05) is 38.1 Å². The quantitative estimate of drug-likeness (QED) is 0.417. The number of aryl methyl sites for hydroxylation is 5. The highest BCUT2D eigenvalue weighted by molar-refractivity contribution is 6.06. The van der Waals surface area contributed by atoms with Crippen LogP contribution in [-0.4, -0.2) is 31.6 Å². The zero-order valence-electron chi connectivity index (χ0n) is 19.7. The van der Waals surface area contributed by atoms with Crippen molar-refractivity contribution in [1.82, 2.24) is 19.7 Å². The average molecular weight is 468 g/mol. The van der Waals surface area contributed by atoms with Crippen molar-refractivity contribution in [3.8, 4) is 11.4 Å². The number of hydrogen-bond acceptors (Lipinski definition) is 6. The highest BCUT2D eigenvalue weighted by atomic mass is 16.2. The smallest absolute Gasteiger partial charge is 0.258 e. The summed E-state index contributed by atoms with van der Waals surface area (Å²) in [6, 6.07) is 14.9. The Bertz CT molecular complexity index is 1490. The maximum absolute atomic E-state index is 12.8. The normalized spacial score (nSPS) is 12.2. The van der Waals surface area contributed by atoms with Gasteiger partial charge in [0.1, 0.15) is 22.9 Å². The third kappa shape index (κ3) is 4.23. The highest BCUT2D eigenvalue weighted by Gasteiger charge is 2.27. The number of nitrogens with zero attached hydrogens (tertiary/aromatic N) is 4. The fraction of sp³-hybridized carbons (Fsp3) is 0.192. The van der Waals surface area contributed by atoms with Crippen molar-refractivity contribution in [2.45, 2.75) is 33.7 Å². The van der Waals surface area contributed by atoms with E-state index in [1.165, 1.54) is 5.56 Å². The number of rotatable bonds is 4. The minimum absolute atomic E-state index is 0.270. The van der Waals surface area contributed by atoms with Gasteiger partial charge in [-0.05, 0) is 63.1 Å². The number of benzene rings is 1. The Hall–Kier alpha value is -4.53. The molecule has 0 saturated carbocycles. The Balaban J connectivity index is 1.49. The molecule has 3 aromatic heterocycles. The number of anilines is 3. The first kappa shape index (κ1) is 22.3. The van der Waals surface area contributed by atoms with E-state index in [9.17, 15) is 9.59 Å². The van der Waals surface area contributed by atoms with Crippen LogP contribution in [0.5, 0.6) is 0 Å². The lowest BCUT2D eigenvalue weighted by molar-refractivity contribution is 0.0998. The van der Waals surface area contributed by atoms with Gasteiger partial charge < -0.3 is 16.4 Å². The van der Waals surface area contributed by atoms with Gasteiger partial charge in [0.15, 0.2) is 0 Å². The van der Waals surface area contributed by atoms with E-state index in [-0.39, 0.29) is 11.5 Å². The molecule has 9 nitrogen and oxygen atoms in total. The number of carbonyl (C=O) groups excluding carboxylic acids is 2. The SMILES string of the molecule is Cc1ccc2c(c1)CCn1nc(-c3ccc(C(=O)Nc4cccc(C)n4)c(C)n3)c(C(N)=O)c1N2. The molecule has 2 amide bonds. The van der Waals surface area contributed by atoms with Crippen LogP contribution in [0, 0.1) is 20.8 Å². The predicted octanol–water partition coefficient (Wildman–Crippen LogP) is 3.92. The lowest BCUT2D eigenvalue weighted by atomic mass is 10.1. The molecule has 0 fully saturated rings. The maximum Gasteiger partial charge on any atom is 0.258 e. The Morgan fingerprint density at radius 1 is 1.06 bits per heavy atom. The molecule has 176 valence electrons. The first-order valence-corrected chi connectivity index (χ1v) is 11.3. The molecule has 1 aromatic carbocycles. The summed E-state index contributed by atoms with van der Waals surface area (Å²) in [7, 11) is 0. The summed E-state index contributed by atoms with van der Waals surface area (Å²) in [5, 5.41) is 10.8. The van der Waals surface area contributed by atoms with Crippen molar-refractivity contribution in [2.24, 2.45) is 5.73 Å². The number of aromatic nitrogens is 4. The number of carbonyl (C=O) groups is 2. The van der Waals surface area contributed by atoms with Crippen LogP contribution in [0.4, 0.5) is 17.3 Å². The molecule has 0 spiro atoms. The summed E-state index contributed by atoms with van der Waals surface area (Å²) in [6.07, 6.45) is 0.759. The molecule has 0 saturated heterocycles. The minimum atomic E-state index is -0.601. The van der Waals surface area contributed by atoms with Gasteiger partial charge in [0, 0.05) is 17.9 Å². The molecule has 0 atom stereocenters. The molecule has 0 unspecified atom stereocenters. The van der Waals surface area contributed by atoms with Gasteiger partial charge in [-0.15, -0.1) is 0 Å². The first-order valence-electron chi connectivity index (χ1n) is 11.3. The molecule has 4 heterocycles. The standard InChI is InChI=1S/C26H25N7O2/c1-14-7-9-19-17(13-14)11-12-33-25(30-19)22(24(27)34)23(32-33)20-10-8-18(16(3)29-20)26(35)31-21-6-4-5-15(2)28-21/h4-10,13,30H,11-12H2,1-3H3,(H2,27,34)(H,28,31,35). The summed E-state index contributed by atoms with van der Waals surface area (Å²) < 4.78 is 1.76. The van der Waals surface area contributed by atoms with E-state index >= 15 is 0 Å². The van der Waals surface area contributed by atoms with Crippen LogP contribution in [-0.2, 0) is 13.0 Å². The Morgan fingerprint density at radius 3 is 2.63 bits per heavy atom. The van der Waals surface area contributed by atoms with Crippen molar-refractivity contribution in [2.75, 3.05) is 10.6 Å². The summed E-state index contributed by atoms with van der Waals surface area (Å²) in [6.45, 7) is 6.23. The van der Waals surface area contributed by atoms with Crippen molar-refractivity contribution in [3.63, 3.8) is 0 Å². The Morgan fingerprint density at radius 2 is 1.89 bits per heavy atom. The summed E-state index contributed by atoms with van der Waals surface area (Å²) in [5.41, 5.74) is 11.9. The summed E-state index contributed by atoms with van der Waals surface area (Å²) in [4.78, 5) is 34.2. The highest BCUT2D eigenvalue weighted by Crippen LogP contribution is 2.34. The molecule has 1 aliphatic heterocycles. The zero-order chi connectivity index (χ0) is 24.7. The van der Waals surface area contributed by atoms with Crippen molar-refractivity contribution in [1.29, 1.82) is 0 Å². The fourth-order valence-electron chi connectivity index (χ4n) is 4.30. The largest absolute Gasteiger partial charge is 0.365 e. The monoisotopic (exact) mass is 467 g/mol. The van der Waals surface area contributed by atoms with Gasteiger partial charge >= 0.3 is 0 Å². The molecule has 35 heavy (non-hydrogen) atoms. The molecule has 4 aromatic rings. The molecular weight excluding hydrogens is 442 g/mol. The van der Waals surface area contributed by atoms with Gasteiger partial charge in [0.2, 0.25) is 0 Å². The third-order valence-corrected chi connectivity index (χ3v) is 6.01. The van der Waals surface area contributed by atoms with Crippen LogP contribution in [0.2, 0.25) is 0 Å². The molecule has 0 bridgehead atoms. The molecule has 0 aliphatic carbocycles. The van der Waals surface area contributed by atoms with E-state index < -0.39 is 5.91 Å². The van der Waals surface area contributed by atoms with Gasteiger partial charge in [-0.25, -0.2) is 9.67 Å². The number of fused-ring (bicyclic) bond motifs is 2. The molecular formula is C26H25N7O2. The third-order valence-electron chi connectivity index (χ3n) is 6.01. The van der Waals surface area contributed by atoms with Crippen LogP contribution in [0.15, 0.2) is 48.5 Å². The molecule has 9 heteroatoms. The average Bonchev–Trinajstić information content (AvgIpc) is 3.08. The van der Waals surface area contributed by atoms with Crippen LogP contribution >= 0.6 is 0 Å². The van der Waals surface area contributed by atoms with E-state index in [4.69, 9.17) is 5.73 Å². The number of primary amides is 1. The first-order chi connectivity index (χ1) is 16.8. The van der Waals surface area contributed by atoms with Gasteiger partial charge in [0.05, 0.1) is 17.0 Å². The number of amides is 2. The second-order valence-electron chi connectivity index (χ2n) is 8.64. The number of hydrogen-bond donors (Lipinski definition) is 3. The number of nitrogens with one attached hydrogen (secondary N) is 2. The molecule has 0 radical (unpaired) electrons. The Kier molecular flexibility index (Phi) is 5.52. The lowest BCUT2D eigenvalue weighted by Gasteiger charge is -2.10. The van der Waals surface area contributed by atoms with Gasteiger partial charge in [-0.1, -0.05) is 23.8 Å². The zero-order valence-corrected chi connectivity index (χ0v) is 19.7. The van der Waals surface area contributed by atoms with E-state index in [2.05, 4.69) is 31.8 Å². The molecule has 5 rings (SSSR count). The number of pyridine rings is 2. The van der Waals surface area contributed by atoms with Crippen molar-refractivity contribution >= 4 is 29.1 Å². The second kappa shape index (κ2) is 8.68. The predicted molar refractivity (Wildman–Crippen MR) is 134 cm³/mol. The topological polar surface area (TPSA) is 128 Å². The van der Waals surface area contributed by atoms with E-state index in [1.54, 1.807) is 29.8 Å². The van der Waals surface area contributed by atoms with Crippen LogP contribution in [0.1, 0.15) is 43.2 Å². The number of nitrogens with two attached hydrogens (primary N) is 1. The molecule has 1 aliphatic rings. The lowest BCUT2D eigenvalue weighted by Crippen LogP contribution is -2.16. The van der Waals surface area contributed by atoms with Crippen molar-refractivity contribution < 1.29 is 9.59 Å². The van der Waals surface area contributed by atoms with Gasteiger partial charge in [-0.3, -0.25) is 14.6 Å². The van der Waals surface area contributed by atoms with Gasteiger partial charge in [0.25, 0.3) is 11.8 Å². The fourth-order valence-corrected chi connectivity index (χ4v) is 4.30. The van der Waals surface area contributed by atoms with Crippen LogP contribution < -0.4 is 16.4 Å². The van der Waals surface area contributed by atoms with Crippen LogP contribution in [0.25, 0.3) is 11.4 Å².